The molecule has 1 atom stereocenters. The van der Waals surface area contributed by atoms with Gasteiger partial charge in [0, 0.05) is 0 Å². The summed E-state index contributed by atoms with van der Waals surface area (Å²) >= 11 is 0. The number of hydrogen-bond donors (Lipinski definition) is 1. The van der Waals surface area contributed by atoms with Gasteiger partial charge in [0.15, 0.2) is 0 Å². The monoisotopic (exact) mass is 407 g/mol. The number of fused-ring (bicyclic) bond motifs is 1. The van der Waals surface area contributed by atoms with Crippen molar-refractivity contribution in [2.24, 2.45) is 0 Å². The van der Waals surface area contributed by atoms with Crippen LogP contribution in [0.15, 0.2) is 48.5 Å². The van der Waals surface area contributed by atoms with Gasteiger partial charge in [0.1, 0.15) is 12.1 Å². The fourth-order valence-electron chi connectivity index (χ4n) is 3.43. The lowest BCUT2D eigenvalue weighted by molar-refractivity contribution is -0.170. The summed E-state index contributed by atoms with van der Waals surface area (Å²) < 4.78 is 0. The van der Waals surface area contributed by atoms with E-state index in [2.05, 4.69) is 5.32 Å². The number of benzene rings is 2. The van der Waals surface area contributed by atoms with E-state index in [1.807, 2.05) is 6.92 Å². The molecule has 9 nitrogen and oxygen atoms in total. The van der Waals surface area contributed by atoms with Crippen molar-refractivity contribution in [1.29, 1.82) is 0 Å². The Hall–Kier alpha value is -4.01. The minimum atomic E-state index is -1.35. The summed E-state index contributed by atoms with van der Waals surface area (Å²) in [5, 5.41) is 2.92. The highest BCUT2D eigenvalue weighted by Crippen LogP contribution is 2.29. The van der Waals surface area contributed by atoms with E-state index >= 15 is 0 Å². The highest BCUT2D eigenvalue weighted by Gasteiger charge is 2.50. The van der Waals surface area contributed by atoms with Crippen LogP contribution in [0.25, 0.3) is 0 Å². The van der Waals surface area contributed by atoms with Gasteiger partial charge in [-0.2, -0.15) is 0 Å². The molecular formula is C21H17N3O6. The molecule has 0 aliphatic carbocycles. The van der Waals surface area contributed by atoms with Crippen LogP contribution in [0.2, 0.25) is 0 Å². The standard InChI is InChI=1S/C21H17N3O6/c1-12-7-9-13(10-8-12)21(2)19(28)23(20(29)22-21)11-16(25)30-24-17(26)14-5-3-4-6-15(14)18(24)27/h3-10H,11H2,1-2H3,(H,22,29). The number of imide groups is 2. The van der Waals surface area contributed by atoms with Crippen molar-refractivity contribution in [3.63, 3.8) is 0 Å². The Morgan fingerprint density at radius 3 is 2.10 bits per heavy atom. The minimum Gasteiger partial charge on any atom is -0.328 e. The van der Waals surface area contributed by atoms with Crippen LogP contribution in [0.5, 0.6) is 0 Å². The third-order valence-electron chi connectivity index (χ3n) is 5.14. The quantitative estimate of drug-likeness (QED) is 0.607. The summed E-state index contributed by atoms with van der Waals surface area (Å²) in [4.78, 5) is 67.8. The highest BCUT2D eigenvalue weighted by atomic mass is 16.7. The van der Waals surface area contributed by atoms with Crippen molar-refractivity contribution < 1.29 is 28.8 Å². The van der Waals surface area contributed by atoms with Crippen molar-refractivity contribution >= 4 is 29.7 Å². The Kier molecular flexibility index (Phi) is 4.38. The van der Waals surface area contributed by atoms with Gasteiger partial charge in [-0.1, -0.05) is 47.0 Å². The Balaban J connectivity index is 1.48. The summed E-state index contributed by atoms with van der Waals surface area (Å²) in [6.45, 7) is 2.68. The van der Waals surface area contributed by atoms with Crippen LogP contribution in [0.1, 0.15) is 38.8 Å². The molecule has 0 radical (unpaired) electrons. The number of nitrogens with one attached hydrogen (secondary N) is 1. The van der Waals surface area contributed by atoms with Crippen molar-refractivity contribution in [2.45, 2.75) is 19.4 Å². The molecule has 0 aromatic heterocycles. The second kappa shape index (κ2) is 6.80. The van der Waals surface area contributed by atoms with Gasteiger partial charge in [0.25, 0.3) is 17.7 Å². The second-order valence-electron chi connectivity index (χ2n) is 7.23. The van der Waals surface area contributed by atoms with Gasteiger partial charge in [-0.15, -0.1) is 0 Å². The third kappa shape index (κ3) is 2.91. The first kappa shape index (κ1) is 19.3. The van der Waals surface area contributed by atoms with Crippen molar-refractivity contribution in [2.75, 3.05) is 6.54 Å². The fourth-order valence-corrected chi connectivity index (χ4v) is 3.43. The molecule has 2 aliphatic heterocycles. The zero-order chi connectivity index (χ0) is 21.6. The van der Waals surface area contributed by atoms with Crippen LogP contribution in [0.4, 0.5) is 4.79 Å². The molecule has 2 heterocycles. The molecule has 1 saturated heterocycles. The van der Waals surface area contributed by atoms with Crippen LogP contribution in [0.3, 0.4) is 0 Å². The largest absolute Gasteiger partial charge is 0.353 e. The van der Waals surface area contributed by atoms with E-state index in [0.717, 1.165) is 5.56 Å². The summed E-state index contributed by atoms with van der Waals surface area (Å²) in [6.07, 6.45) is 0. The number of nitrogens with zero attached hydrogens (tertiary/aromatic N) is 2. The van der Waals surface area contributed by atoms with E-state index in [0.29, 0.717) is 15.5 Å². The number of carbonyl (C=O) groups is 5. The zero-order valence-corrected chi connectivity index (χ0v) is 16.2. The number of aryl methyl sites for hydroxylation is 1. The van der Waals surface area contributed by atoms with E-state index in [9.17, 15) is 24.0 Å². The first-order chi connectivity index (χ1) is 14.2. The molecular weight excluding hydrogens is 390 g/mol. The molecule has 1 unspecified atom stereocenters. The Morgan fingerprint density at radius 2 is 1.53 bits per heavy atom. The van der Waals surface area contributed by atoms with Crippen molar-refractivity contribution in [3.05, 3.63) is 70.8 Å². The highest BCUT2D eigenvalue weighted by molar-refractivity contribution is 6.21. The summed E-state index contributed by atoms with van der Waals surface area (Å²) in [5.41, 5.74) is 0.415. The molecule has 0 bridgehead atoms. The molecule has 0 spiro atoms. The fraction of sp³-hybridized carbons (Fsp3) is 0.190. The van der Waals surface area contributed by atoms with Crippen LogP contribution >= 0.6 is 0 Å². The number of urea groups is 1. The summed E-state index contributed by atoms with van der Waals surface area (Å²) in [6, 6.07) is 12.3. The summed E-state index contributed by atoms with van der Waals surface area (Å²) in [7, 11) is 0. The molecule has 4 rings (SSSR count). The molecule has 1 fully saturated rings. The normalized spacial score (nSPS) is 20.5. The molecule has 9 heteroatoms. The predicted octanol–water partition coefficient (Wildman–Crippen LogP) is 1.52. The van der Waals surface area contributed by atoms with E-state index < -0.39 is 41.8 Å². The number of hydroxylamine groups is 2. The maximum atomic E-state index is 12.9. The second-order valence-corrected chi connectivity index (χ2v) is 7.23. The third-order valence-corrected chi connectivity index (χ3v) is 5.14. The maximum absolute atomic E-state index is 12.9. The minimum absolute atomic E-state index is 0.109. The Labute approximate surface area is 171 Å². The van der Waals surface area contributed by atoms with Crippen molar-refractivity contribution in [1.82, 2.24) is 15.3 Å². The average Bonchev–Trinajstić information content (AvgIpc) is 3.09. The van der Waals surface area contributed by atoms with Gasteiger partial charge in [-0.3, -0.25) is 19.3 Å². The van der Waals surface area contributed by atoms with Crippen LogP contribution < -0.4 is 5.32 Å². The van der Waals surface area contributed by atoms with Gasteiger partial charge in [0.05, 0.1) is 11.1 Å². The van der Waals surface area contributed by atoms with E-state index in [1.54, 1.807) is 36.4 Å². The molecule has 30 heavy (non-hydrogen) atoms. The maximum Gasteiger partial charge on any atom is 0.353 e. The van der Waals surface area contributed by atoms with Gasteiger partial charge in [-0.25, -0.2) is 9.59 Å². The Bertz CT molecular complexity index is 1070. The number of hydrogen-bond acceptors (Lipinski definition) is 6. The number of carbonyl (C=O) groups excluding carboxylic acids is 5. The lowest BCUT2D eigenvalue weighted by Crippen LogP contribution is -2.43. The van der Waals surface area contributed by atoms with Gasteiger partial charge in [-0.05, 0) is 31.5 Å². The van der Waals surface area contributed by atoms with Gasteiger partial charge in [0.2, 0.25) is 0 Å². The Morgan fingerprint density at radius 1 is 0.967 bits per heavy atom. The van der Waals surface area contributed by atoms with E-state index in [1.165, 1.54) is 19.1 Å². The van der Waals surface area contributed by atoms with Crippen molar-refractivity contribution in [3.8, 4) is 0 Å². The molecule has 2 aliphatic rings. The lowest BCUT2D eigenvalue weighted by Gasteiger charge is -2.22. The van der Waals surface area contributed by atoms with E-state index in [4.69, 9.17) is 4.84 Å². The number of rotatable bonds is 4. The van der Waals surface area contributed by atoms with Crippen LogP contribution in [-0.4, -0.2) is 46.2 Å². The van der Waals surface area contributed by atoms with Gasteiger partial charge >= 0.3 is 12.0 Å². The first-order valence-electron chi connectivity index (χ1n) is 9.12. The summed E-state index contributed by atoms with van der Waals surface area (Å²) in [5.74, 6) is -3.31. The predicted molar refractivity (Wildman–Crippen MR) is 102 cm³/mol. The zero-order valence-electron chi connectivity index (χ0n) is 16.2. The average molecular weight is 407 g/mol. The SMILES string of the molecule is Cc1ccc(C2(C)NC(=O)N(CC(=O)ON3C(=O)c4ccccc4C3=O)C2=O)cc1. The van der Waals surface area contributed by atoms with Crippen LogP contribution in [0, 0.1) is 6.92 Å². The van der Waals surface area contributed by atoms with Crippen LogP contribution in [-0.2, 0) is 20.0 Å². The molecule has 1 N–H and O–H groups in total. The molecule has 5 amide bonds. The smallest absolute Gasteiger partial charge is 0.328 e. The topological polar surface area (TPSA) is 113 Å². The van der Waals surface area contributed by atoms with Gasteiger partial charge < -0.3 is 10.2 Å². The molecule has 152 valence electrons. The molecule has 2 aromatic carbocycles. The molecule has 0 saturated carbocycles. The first-order valence-corrected chi connectivity index (χ1v) is 9.12. The molecule has 2 aromatic rings. The number of amides is 5. The lowest BCUT2D eigenvalue weighted by atomic mass is 9.91. The van der Waals surface area contributed by atoms with E-state index in [-0.39, 0.29) is 11.1 Å².